The normalized spacial score (nSPS) is 23.4. The highest BCUT2D eigenvalue weighted by Crippen LogP contribution is 2.24. The van der Waals surface area contributed by atoms with Crippen LogP contribution < -0.4 is 5.32 Å². The molecular formula is C14H18N2O2. The summed E-state index contributed by atoms with van der Waals surface area (Å²) in [6.45, 7) is 0.150. The number of nitrogens with one attached hydrogen (secondary N) is 1. The van der Waals surface area contributed by atoms with Gasteiger partial charge in [-0.2, -0.15) is 0 Å². The maximum atomic E-state index is 11.7. The first-order valence-electron chi connectivity index (χ1n) is 6.29. The smallest absolute Gasteiger partial charge is 0.244 e. The first-order chi connectivity index (χ1) is 8.79. The van der Waals surface area contributed by atoms with Gasteiger partial charge in [-0.05, 0) is 30.5 Å². The van der Waals surface area contributed by atoms with Gasteiger partial charge in [0.25, 0.3) is 0 Å². The molecule has 2 N–H and O–H groups in total. The molecule has 2 unspecified atom stereocenters. The minimum atomic E-state index is -0.107. The Hall–Kier alpha value is -1.68. The van der Waals surface area contributed by atoms with Crippen molar-refractivity contribution in [3.05, 3.63) is 36.2 Å². The average Bonchev–Trinajstić information content (AvgIpc) is 2.85. The third-order valence-electron chi connectivity index (χ3n) is 3.33. The molecule has 2 atom stereocenters. The number of aliphatic hydroxyl groups is 1. The second kappa shape index (κ2) is 6.31. The van der Waals surface area contributed by atoms with E-state index in [1.54, 1.807) is 18.5 Å². The van der Waals surface area contributed by atoms with Crippen LogP contribution in [-0.2, 0) is 4.79 Å². The number of carbonyl (C=O) groups excluding carboxylic acids is 1. The van der Waals surface area contributed by atoms with Crippen molar-refractivity contribution in [1.29, 1.82) is 0 Å². The van der Waals surface area contributed by atoms with E-state index in [0.29, 0.717) is 0 Å². The Morgan fingerprint density at radius 2 is 2.44 bits per heavy atom. The molecular weight excluding hydrogens is 228 g/mol. The molecule has 0 spiro atoms. The minimum Gasteiger partial charge on any atom is -0.396 e. The number of amides is 1. The van der Waals surface area contributed by atoms with Crippen LogP contribution in [0.3, 0.4) is 0 Å². The van der Waals surface area contributed by atoms with Crippen LogP contribution >= 0.6 is 0 Å². The molecule has 0 aromatic carbocycles. The minimum absolute atomic E-state index is 0.107. The summed E-state index contributed by atoms with van der Waals surface area (Å²) in [6, 6.07) is 3.83. The first kappa shape index (κ1) is 12.8. The highest BCUT2D eigenvalue weighted by molar-refractivity contribution is 5.91. The lowest BCUT2D eigenvalue weighted by Crippen LogP contribution is -2.37. The van der Waals surface area contributed by atoms with Crippen molar-refractivity contribution in [3.63, 3.8) is 0 Å². The highest BCUT2D eigenvalue weighted by Gasteiger charge is 2.27. The quantitative estimate of drug-likeness (QED) is 0.789. The van der Waals surface area contributed by atoms with Crippen molar-refractivity contribution in [2.45, 2.75) is 25.3 Å². The van der Waals surface area contributed by atoms with Gasteiger partial charge in [0.1, 0.15) is 0 Å². The molecule has 4 nitrogen and oxygen atoms in total. The molecule has 1 amide bonds. The molecule has 1 aromatic heterocycles. The van der Waals surface area contributed by atoms with Crippen LogP contribution in [0.25, 0.3) is 6.08 Å². The van der Waals surface area contributed by atoms with Gasteiger partial charge < -0.3 is 10.4 Å². The number of rotatable bonds is 4. The van der Waals surface area contributed by atoms with Gasteiger partial charge in [-0.3, -0.25) is 9.78 Å². The van der Waals surface area contributed by atoms with Crippen LogP contribution in [0.1, 0.15) is 24.8 Å². The van der Waals surface area contributed by atoms with Gasteiger partial charge in [0.05, 0.1) is 0 Å². The Balaban J connectivity index is 1.87. The largest absolute Gasteiger partial charge is 0.396 e. The fourth-order valence-electron chi connectivity index (χ4n) is 2.32. The third kappa shape index (κ3) is 3.40. The zero-order chi connectivity index (χ0) is 12.8. The lowest BCUT2D eigenvalue weighted by molar-refractivity contribution is -0.117. The summed E-state index contributed by atoms with van der Waals surface area (Å²) in [4.78, 5) is 15.7. The molecule has 1 heterocycles. The van der Waals surface area contributed by atoms with E-state index in [9.17, 15) is 9.90 Å². The van der Waals surface area contributed by atoms with E-state index in [2.05, 4.69) is 10.3 Å². The maximum Gasteiger partial charge on any atom is 0.244 e. The fraction of sp³-hybridized carbons (Fsp3) is 0.429. The molecule has 96 valence electrons. The number of carbonyl (C=O) groups is 1. The molecule has 4 heteroatoms. The SMILES string of the molecule is O=C(/C=C/c1cccnc1)NC1CCCC1CO. The zero-order valence-electron chi connectivity index (χ0n) is 10.2. The van der Waals surface area contributed by atoms with E-state index in [4.69, 9.17) is 0 Å². The Kier molecular flexibility index (Phi) is 4.47. The van der Waals surface area contributed by atoms with Gasteiger partial charge in [-0.1, -0.05) is 12.5 Å². The standard InChI is InChI=1S/C14H18N2O2/c17-10-12-4-1-5-13(12)16-14(18)7-6-11-3-2-8-15-9-11/h2-3,6-9,12-13,17H,1,4-5,10H2,(H,16,18)/b7-6+. The van der Waals surface area contributed by atoms with Gasteiger partial charge in [-0.15, -0.1) is 0 Å². The first-order valence-corrected chi connectivity index (χ1v) is 6.29. The van der Waals surface area contributed by atoms with Crippen LogP contribution in [0.15, 0.2) is 30.6 Å². The molecule has 0 radical (unpaired) electrons. The van der Waals surface area contributed by atoms with E-state index in [-0.39, 0.29) is 24.5 Å². The van der Waals surface area contributed by atoms with Crippen molar-refractivity contribution in [2.75, 3.05) is 6.61 Å². The predicted octanol–water partition coefficient (Wildman–Crippen LogP) is 1.37. The third-order valence-corrected chi connectivity index (χ3v) is 3.33. The van der Waals surface area contributed by atoms with E-state index in [1.807, 2.05) is 12.1 Å². The molecule has 0 aliphatic heterocycles. The summed E-state index contributed by atoms with van der Waals surface area (Å²) < 4.78 is 0. The van der Waals surface area contributed by atoms with Crippen LogP contribution in [0, 0.1) is 5.92 Å². The van der Waals surface area contributed by atoms with Crippen molar-refractivity contribution in [2.24, 2.45) is 5.92 Å². The van der Waals surface area contributed by atoms with E-state index in [0.717, 1.165) is 24.8 Å². The number of hydrogen-bond donors (Lipinski definition) is 2. The van der Waals surface area contributed by atoms with E-state index >= 15 is 0 Å². The fourth-order valence-corrected chi connectivity index (χ4v) is 2.32. The Labute approximate surface area is 107 Å². The second-order valence-corrected chi connectivity index (χ2v) is 4.61. The summed E-state index contributed by atoms with van der Waals surface area (Å²) in [5, 5.41) is 12.1. The average molecular weight is 246 g/mol. The number of hydrogen-bond acceptors (Lipinski definition) is 3. The van der Waals surface area contributed by atoms with Gasteiger partial charge in [0, 0.05) is 37.0 Å². The summed E-state index contributed by atoms with van der Waals surface area (Å²) in [6.07, 6.45) is 9.68. The number of nitrogens with zero attached hydrogens (tertiary/aromatic N) is 1. The van der Waals surface area contributed by atoms with Crippen molar-refractivity contribution in [3.8, 4) is 0 Å². The summed E-state index contributed by atoms with van der Waals surface area (Å²) in [7, 11) is 0. The van der Waals surface area contributed by atoms with Gasteiger partial charge >= 0.3 is 0 Å². The monoisotopic (exact) mass is 246 g/mol. The van der Waals surface area contributed by atoms with Crippen molar-refractivity contribution in [1.82, 2.24) is 10.3 Å². The zero-order valence-corrected chi connectivity index (χ0v) is 10.2. The van der Waals surface area contributed by atoms with Gasteiger partial charge in [0.2, 0.25) is 5.91 Å². The summed E-state index contributed by atoms with van der Waals surface area (Å²) in [5.74, 6) is 0.102. The van der Waals surface area contributed by atoms with Gasteiger partial charge in [0.15, 0.2) is 0 Å². The van der Waals surface area contributed by atoms with Crippen molar-refractivity contribution >= 4 is 12.0 Å². The topological polar surface area (TPSA) is 62.2 Å². The summed E-state index contributed by atoms with van der Waals surface area (Å²) >= 11 is 0. The van der Waals surface area contributed by atoms with Crippen LogP contribution in [-0.4, -0.2) is 28.6 Å². The molecule has 1 saturated carbocycles. The van der Waals surface area contributed by atoms with Crippen LogP contribution in [0.2, 0.25) is 0 Å². The number of aliphatic hydroxyl groups excluding tert-OH is 1. The van der Waals surface area contributed by atoms with Crippen molar-refractivity contribution < 1.29 is 9.90 Å². The lowest BCUT2D eigenvalue weighted by Gasteiger charge is -2.17. The number of aromatic nitrogens is 1. The molecule has 1 aromatic rings. The maximum absolute atomic E-state index is 11.7. The van der Waals surface area contributed by atoms with E-state index < -0.39 is 0 Å². The Bertz CT molecular complexity index is 417. The Morgan fingerprint density at radius 1 is 1.56 bits per heavy atom. The molecule has 1 aliphatic carbocycles. The van der Waals surface area contributed by atoms with Crippen LogP contribution in [0.5, 0.6) is 0 Å². The lowest BCUT2D eigenvalue weighted by atomic mass is 10.1. The summed E-state index contributed by atoms with van der Waals surface area (Å²) in [5.41, 5.74) is 0.901. The number of pyridine rings is 1. The predicted molar refractivity (Wildman–Crippen MR) is 69.6 cm³/mol. The molecule has 2 rings (SSSR count). The molecule has 0 saturated heterocycles. The molecule has 1 fully saturated rings. The highest BCUT2D eigenvalue weighted by atomic mass is 16.3. The molecule has 18 heavy (non-hydrogen) atoms. The van der Waals surface area contributed by atoms with Crippen LogP contribution in [0.4, 0.5) is 0 Å². The Morgan fingerprint density at radius 3 is 3.17 bits per heavy atom. The van der Waals surface area contributed by atoms with Gasteiger partial charge in [-0.25, -0.2) is 0 Å². The second-order valence-electron chi connectivity index (χ2n) is 4.61. The molecule has 0 bridgehead atoms. The van der Waals surface area contributed by atoms with E-state index in [1.165, 1.54) is 6.08 Å². The molecule has 1 aliphatic rings.